The molecule has 0 unspecified atom stereocenters. The minimum atomic E-state index is 0.388. The molecule has 1 aromatic heterocycles. The van der Waals surface area contributed by atoms with E-state index in [-0.39, 0.29) is 0 Å². The summed E-state index contributed by atoms with van der Waals surface area (Å²) in [6.45, 7) is 11.2. The topological polar surface area (TPSA) is 41.1 Å². The van der Waals surface area contributed by atoms with Crippen LogP contribution < -0.4 is 10.2 Å². The van der Waals surface area contributed by atoms with Crippen LogP contribution in [0.15, 0.2) is 6.33 Å². The molecule has 0 radical (unpaired) electrons. The van der Waals surface area contributed by atoms with Crippen LogP contribution in [0.2, 0.25) is 0 Å². The van der Waals surface area contributed by atoms with E-state index in [0.717, 1.165) is 24.7 Å². The third-order valence-corrected chi connectivity index (χ3v) is 3.65. The zero-order chi connectivity index (χ0) is 13.3. The Bertz CT molecular complexity index is 426. The summed E-state index contributed by atoms with van der Waals surface area (Å²) in [5.41, 5.74) is 1.62. The lowest BCUT2D eigenvalue weighted by Gasteiger charge is -2.25. The van der Waals surface area contributed by atoms with Crippen molar-refractivity contribution in [2.45, 2.75) is 40.0 Å². The highest BCUT2D eigenvalue weighted by Gasteiger charge is 2.32. The fourth-order valence-corrected chi connectivity index (χ4v) is 2.66. The molecule has 100 valence electrons. The first-order valence-corrected chi connectivity index (χ1v) is 6.72. The first-order valence-electron chi connectivity index (χ1n) is 6.72. The van der Waals surface area contributed by atoms with E-state index in [2.05, 4.69) is 47.9 Å². The van der Waals surface area contributed by atoms with Crippen LogP contribution in [0.4, 0.5) is 11.6 Å². The largest absolute Gasteiger partial charge is 0.373 e. The Hall–Kier alpha value is -1.32. The van der Waals surface area contributed by atoms with Gasteiger partial charge in [0.1, 0.15) is 18.0 Å². The zero-order valence-corrected chi connectivity index (χ0v) is 12.1. The number of hydrogen-bond donors (Lipinski definition) is 1. The van der Waals surface area contributed by atoms with Gasteiger partial charge in [-0.3, -0.25) is 0 Å². The molecule has 0 aromatic carbocycles. The number of nitrogens with one attached hydrogen (secondary N) is 1. The van der Waals surface area contributed by atoms with Gasteiger partial charge in [-0.2, -0.15) is 0 Å². The van der Waals surface area contributed by atoms with Gasteiger partial charge in [-0.05, 0) is 17.8 Å². The quantitative estimate of drug-likeness (QED) is 0.893. The Morgan fingerprint density at radius 2 is 2.06 bits per heavy atom. The fraction of sp³-hybridized carbons (Fsp3) is 0.714. The van der Waals surface area contributed by atoms with E-state index in [4.69, 9.17) is 0 Å². The second-order valence-corrected chi connectivity index (χ2v) is 6.20. The van der Waals surface area contributed by atoms with Gasteiger partial charge in [-0.15, -0.1) is 0 Å². The van der Waals surface area contributed by atoms with Crippen LogP contribution in [-0.4, -0.2) is 30.1 Å². The van der Waals surface area contributed by atoms with Crippen LogP contribution in [0.1, 0.15) is 45.6 Å². The number of rotatable bonds is 3. The lowest BCUT2D eigenvalue weighted by atomic mass is 9.93. The molecule has 1 aliphatic rings. The summed E-state index contributed by atoms with van der Waals surface area (Å²) in [5, 5.41) is 3.18. The van der Waals surface area contributed by atoms with Crippen LogP contribution >= 0.6 is 0 Å². The van der Waals surface area contributed by atoms with Gasteiger partial charge in [0.05, 0.1) is 0 Å². The van der Waals surface area contributed by atoms with E-state index in [1.54, 1.807) is 6.33 Å². The van der Waals surface area contributed by atoms with Crippen molar-refractivity contribution in [1.29, 1.82) is 0 Å². The highest BCUT2D eigenvalue weighted by Crippen LogP contribution is 2.36. The van der Waals surface area contributed by atoms with E-state index < -0.39 is 0 Å². The SMILES string of the molecule is CNc1ncnc(N2CCC(C)(C)C2)c1C(C)C. The highest BCUT2D eigenvalue weighted by atomic mass is 15.2. The van der Waals surface area contributed by atoms with Gasteiger partial charge in [0.2, 0.25) is 0 Å². The molecule has 1 aliphatic heterocycles. The number of aromatic nitrogens is 2. The summed E-state index contributed by atoms with van der Waals surface area (Å²) < 4.78 is 0. The van der Waals surface area contributed by atoms with Gasteiger partial charge in [0, 0.05) is 25.7 Å². The molecule has 4 nitrogen and oxygen atoms in total. The average molecular weight is 248 g/mol. The van der Waals surface area contributed by atoms with Gasteiger partial charge in [-0.1, -0.05) is 27.7 Å². The van der Waals surface area contributed by atoms with E-state index in [1.165, 1.54) is 12.0 Å². The smallest absolute Gasteiger partial charge is 0.137 e. The maximum Gasteiger partial charge on any atom is 0.137 e. The predicted molar refractivity (Wildman–Crippen MR) is 76.3 cm³/mol. The molecule has 0 amide bonds. The van der Waals surface area contributed by atoms with Crippen LogP contribution in [0.3, 0.4) is 0 Å². The summed E-state index contributed by atoms with van der Waals surface area (Å²) in [5.74, 6) is 2.49. The van der Waals surface area contributed by atoms with Crippen molar-refractivity contribution in [3.05, 3.63) is 11.9 Å². The van der Waals surface area contributed by atoms with Gasteiger partial charge < -0.3 is 10.2 Å². The second-order valence-electron chi connectivity index (χ2n) is 6.20. The number of hydrogen-bond acceptors (Lipinski definition) is 4. The summed E-state index contributed by atoms with van der Waals surface area (Å²) in [6, 6.07) is 0. The summed E-state index contributed by atoms with van der Waals surface area (Å²) in [7, 11) is 1.92. The number of anilines is 2. The molecule has 2 heterocycles. The van der Waals surface area contributed by atoms with Crippen molar-refractivity contribution in [1.82, 2.24) is 9.97 Å². The maximum atomic E-state index is 4.53. The fourth-order valence-electron chi connectivity index (χ4n) is 2.66. The summed E-state index contributed by atoms with van der Waals surface area (Å²) in [6.07, 6.45) is 2.89. The molecule has 4 heteroatoms. The lowest BCUT2D eigenvalue weighted by Crippen LogP contribution is -2.25. The van der Waals surface area contributed by atoms with Gasteiger partial charge in [0.15, 0.2) is 0 Å². The van der Waals surface area contributed by atoms with Gasteiger partial charge in [0.25, 0.3) is 0 Å². The molecule has 0 bridgehead atoms. The molecule has 1 N–H and O–H groups in total. The van der Waals surface area contributed by atoms with Crippen LogP contribution in [-0.2, 0) is 0 Å². The Morgan fingerprint density at radius 3 is 2.56 bits per heavy atom. The lowest BCUT2D eigenvalue weighted by molar-refractivity contribution is 0.418. The minimum absolute atomic E-state index is 0.388. The van der Waals surface area contributed by atoms with Gasteiger partial charge in [-0.25, -0.2) is 9.97 Å². The molecule has 1 aromatic rings. The van der Waals surface area contributed by atoms with Crippen molar-refractivity contribution >= 4 is 11.6 Å². The van der Waals surface area contributed by atoms with E-state index in [9.17, 15) is 0 Å². The second kappa shape index (κ2) is 4.75. The van der Waals surface area contributed by atoms with Crippen LogP contribution in [0, 0.1) is 5.41 Å². The van der Waals surface area contributed by atoms with Crippen molar-refractivity contribution in [2.24, 2.45) is 5.41 Å². The molecule has 0 saturated carbocycles. The van der Waals surface area contributed by atoms with Crippen molar-refractivity contribution in [3.63, 3.8) is 0 Å². The predicted octanol–water partition coefficient (Wildman–Crippen LogP) is 2.88. The molecule has 0 atom stereocenters. The third-order valence-electron chi connectivity index (χ3n) is 3.65. The molecular weight excluding hydrogens is 224 g/mol. The number of nitrogens with zero attached hydrogens (tertiary/aromatic N) is 3. The highest BCUT2D eigenvalue weighted by molar-refractivity contribution is 5.60. The molecular formula is C14H24N4. The molecule has 0 spiro atoms. The Kier molecular flexibility index (Phi) is 3.46. The average Bonchev–Trinajstić information content (AvgIpc) is 2.68. The normalized spacial score (nSPS) is 18.4. The first-order chi connectivity index (χ1) is 8.44. The van der Waals surface area contributed by atoms with E-state index >= 15 is 0 Å². The maximum absolute atomic E-state index is 4.53. The minimum Gasteiger partial charge on any atom is -0.373 e. The van der Waals surface area contributed by atoms with Crippen molar-refractivity contribution in [2.75, 3.05) is 30.4 Å². The molecule has 0 aliphatic carbocycles. The zero-order valence-electron chi connectivity index (χ0n) is 12.1. The van der Waals surface area contributed by atoms with Crippen molar-refractivity contribution in [3.8, 4) is 0 Å². The van der Waals surface area contributed by atoms with E-state index in [1.807, 2.05) is 7.05 Å². The Morgan fingerprint density at radius 1 is 1.33 bits per heavy atom. The Balaban J connectivity index is 2.39. The third kappa shape index (κ3) is 2.42. The molecule has 1 fully saturated rings. The summed E-state index contributed by atoms with van der Waals surface area (Å²) >= 11 is 0. The van der Waals surface area contributed by atoms with Gasteiger partial charge >= 0.3 is 0 Å². The van der Waals surface area contributed by atoms with Crippen LogP contribution in [0.5, 0.6) is 0 Å². The Labute approximate surface area is 110 Å². The molecule has 18 heavy (non-hydrogen) atoms. The standard InChI is InChI=1S/C14H24N4/c1-10(2)11-12(15-5)16-9-17-13(11)18-7-6-14(3,4)8-18/h9-10H,6-8H2,1-5H3,(H,15,16,17). The van der Waals surface area contributed by atoms with E-state index in [0.29, 0.717) is 11.3 Å². The monoisotopic (exact) mass is 248 g/mol. The summed E-state index contributed by atoms with van der Waals surface area (Å²) in [4.78, 5) is 11.3. The van der Waals surface area contributed by atoms with Crippen LogP contribution in [0.25, 0.3) is 0 Å². The van der Waals surface area contributed by atoms with Crippen molar-refractivity contribution < 1.29 is 0 Å². The first kappa shape index (κ1) is 13.1. The molecule has 2 rings (SSSR count). The molecule has 1 saturated heterocycles.